The molecule has 2 nitrogen and oxygen atoms in total. The molecule has 0 aromatic heterocycles. The summed E-state index contributed by atoms with van der Waals surface area (Å²) in [6.07, 6.45) is 0. The summed E-state index contributed by atoms with van der Waals surface area (Å²) in [7, 11) is 0. The number of hydrogen-bond donors (Lipinski definition) is 0. The molecule has 0 bridgehead atoms. The molecule has 0 aromatic rings. The van der Waals surface area contributed by atoms with Gasteiger partial charge in [-0.25, -0.2) is 0 Å². The molecule has 0 radical (unpaired) electrons. The first-order valence-electron chi connectivity index (χ1n) is 1.90. The van der Waals surface area contributed by atoms with E-state index in [4.69, 9.17) is 5.73 Å². The van der Waals surface area contributed by atoms with Crippen LogP contribution >= 0.6 is 0 Å². The standard InChI is InChI=1S/C4H9NO.Zr/c1-3(2)4(5)6;/h3H,1-2H3,(H2,5,6);/p-1. The molecule has 0 fully saturated rings. The van der Waals surface area contributed by atoms with Gasteiger partial charge in [0.2, 0.25) is 0 Å². The third-order valence-electron chi connectivity index (χ3n) is 0.524. The van der Waals surface area contributed by atoms with Crippen LogP contribution in [0.5, 0.6) is 0 Å². The van der Waals surface area contributed by atoms with Gasteiger partial charge in [-0.2, -0.15) is 0 Å². The van der Waals surface area contributed by atoms with Crippen molar-refractivity contribution in [3.8, 4) is 0 Å². The van der Waals surface area contributed by atoms with E-state index < -0.39 is 5.91 Å². The zero-order valence-electron chi connectivity index (χ0n) is 4.49. The molecule has 7 heavy (non-hydrogen) atoms. The van der Waals surface area contributed by atoms with Gasteiger partial charge in [0.05, 0.1) is 5.91 Å². The summed E-state index contributed by atoms with van der Waals surface area (Å²) in [5.41, 5.74) is 6.39. The second kappa shape index (κ2) is 4.51. The average Bonchev–Trinajstić information content (AvgIpc) is 1.36. The molecule has 0 aromatic carbocycles. The largest absolute Gasteiger partial charge is 0.668 e. The van der Waals surface area contributed by atoms with Crippen molar-refractivity contribution >= 4 is 5.91 Å². The quantitative estimate of drug-likeness (QED) is 0.593. The molecule has 0 heterocycles. The molecule has 0 aliphatic rings. The van der Waals surface area contributed by atoms with Crippen LogP contribution in [0, 0.1) is 5.92 Å². The summed E-state index contributed by atoms with van der Waals surface area (Å²) in [5, 5.41) is 0. The number of rotatable bonds is 1. The van der Waals surface area contributed by atoms with Gasteiger partial charge in [-0.15, -0.1) is 0 Å². The molecule has 0 rings (SSSR count). The van der Waals surface area contributed by atoms with Gasteiger partial charge in [0.1, 0.15) is 0 Å². The van der Waals surface area contributed by atoms with E-state index in [1.807, 2.05) is 0 Å². The van der Waals surface area contributed by atoms with Gasteiger partial charge >= 0.3 is 0 Å². The Morgan fingerprint density at radius 2 is 1.71 bits per heavy atom. The number of nitrogens with one attached hydrogen (secondary N) is 1. The Bertz CT molecular complexity index is 62.7. The predicted molar refractivity (Wildman–Crippen MR) is 24.2 cm³/mol. The molecule has 0 unspecified atom stereocenters. The van der Waals surface area contributed by atoms with Crippen molar-refractivity contribution < 1.29 is 31.0 Å². The van der Waals surface area contributed by atoms with Crippen molar-refractivity contribution in [3.05, 3.63) is 5.73 Å². The Hall–Kier alpha value is 0.353. The zero-order chi connectivity index (χ0) is 5.15. The molecule has 0 saturated carbocycles. The molecule has 0 aliphatic carbocycles. The third kappa shape index (κ3) is 6.35. The Labute approximate surface area is 62.6 Å². The van der Waals surface area contributed by atoms with E-state index in [1.54, 1.807) is 13.8 Å². The third-order valence-corrected chi connectivity index (χ3v) is 0.524. The second-order valence-corrected chi connectivity index (χ2v) is 1.52. The van der Waals surface area contributed by atoms with Gasteiger partial charge in [0.15, 0.2) is 0 Å². The smallest absolute Gasteiger partial charge is 0.0513 e. The van der Waals surface area contributed by atoms with Crippen molar-refractivity contribution in [2.45, 2.75) is 13.8 Å². The predicted octanol–water partition coefficient (Wildman–Crippen LogP) is 1.22. The topological polar surface area (TPSA) is 40.9 Å². The Morgan fingerprint density at radius 3 is 1.71 bits per heavy atom. The first-order valence-corrected chi connectivity index (χ1v) is 1.90. The fourth-order valence-electron chi connectivity index (χ4n) is 0. The van der Waals surface area contributed by atoms with Gasteiger partial charge < -0.3 is 10.5 Å². The van der Waals surface area contributed by atoms with Crippen LogP contribution in [0.3, 0.4) is 0 Å². The molecule has 0 aliphatic heterocycles. The van der Waals surface area contributed by atoms with E-state index in [9.17, 15) is 4.79 Å². The van der Waals surface area contributed by atoms with Gasteiger partial charge in [-0.3, -0.25) is 0 Å². The van der Waals surface area contributed by atoms with Crippen LogP contribution in [0.2, 0.25) is 0 Å². The minimum absolute atomic E-state index is 0. The first kappa shape index (κ1) is 10.4. The Morgan fingerprint density at radius 1 is 1.57 bits per heavy atom. The Balaban J connectivity index is 0. The van der Waals surface area contributed by atoms with Crippen molar-refractivity contribution in [2.24, 2.45) is 5.92 Å². The molecule has 0 saturated heterocycles. The van der Waals surface area contributed by atoms with Gasteiger partial charge in [0.25, 0.3) is 0 Å². The zero-order valence-corrected chi connectivity index (χ0v) is 6.94. The molecule has 3 heteroatoms. The van der Waals surface area contributed by atoms with Crippen molar-refractivity contribution in [3.63, 3.8) is 0 Å². The van der Waals surface area contributed by atoms with Crippen LogP contribution < -0.4 is 0 Å². The fourth-order valence-corrected chi connectivity index (χ4v) is 0. The molecule has 40 valence electrons. The number of carbonyl (C=O) groups is 1. The minimum atomic E-state index is -0.491. The summed E-state index contributed by atoms with van der Waals surface area (Å²) in [6, 6.07) is 0. The van der Waals surface area contributed by atoms with E-state index in [-0.39, 0.29) is 32.1 Å². The summed E-state index contributed by atoms with van der Waals surface area (Å²) < 4.78 is 0. The number of amides is 1. The van der Waals surface area contributed by atoms with Gasteiger partial charge in [0, 0.05) is 26.2 Å². The summed E-state index contributed by atoms with van der Waals surface area (Å²) in [5.74, 6) is -0.611. The molecule has 0 atom stereocenters. The molecular weight excluding hydrogens is 169 g/mol. The van der Waals surface area contributed by atoms with Crippen molar-refractivity contribution in [2.75, 3.05) is 0 Å². The van der Waals surface area contributed by atoms with Gasteiger partial charge in [-0.1, -0.05) is 13.8 Å². The summed E-state index contributed by atoms with van der Waals surface area (Å²) in [4.78, 5) is 9.81. The van der Waals surface area contributed by atoms with Crippen LogP contribution in [0.25, 0.3) is 5.73 Å². The maximum Gasteiger partial charge on any atom is 0.0513 e. The monoisotopic (exact) mass is 176 g/mol. The fraction of sp³-hybridized carbons (Fsp3) is 0.750. The van der Waals surface area contributed by atoms with E-state index >= 15 is 0 Å². The molecule has 1 amide bonds. The first-order chi connectivity index (χ1) is 2.64. The van der Waals surface area contributed by atoms with Crippen LogP contribution in [0.4, 0.5) is 0 Å². The SMILES string of the molecule is CC(C)C([NH-])=O.[Zr]. The van der Waals surface area contributed by atoms with Crippen LogP contribution in [-0.2, 0) is 31.0 Å². The minimum Gasteiger partial charge on any atom is -0.668 e. The average molecular weight is 177 g/mol. The molecule has 1 N–H and O–H groups in total. The van der Waals surface area contributed by atoms with Crippen LogP contribution in [0.15, 0.2) is 0 Å². The van der Waals surface area contributed by atoms with Gasteiger partial charge in [-0.05, 0) is 5.92 Å². The number of hydrogen-bond acceptors (Lipinski definition) is 1. The van der Waals surface area contributed by atoms with Crippen LogP contribution in [-0.4, -0.2) is 5.91 Å². The summed E-state index contributed by atoms with van der Waals surface area (Å²) >= 11 is 0. The maximum atomic E-state index is 9.81. The molecule has 0 spiro atoms. The van der Waals surface area contributed by atoms with E-state index in [1.165, 1.54) is 0 Å². The van der Waals surface area contributed by atoms with Crippen molar-refractivity contribution in [1.29, 1.82) is 0 Å². The van der Waals surface area contributed by atoms with Crippen LogP contribution in [0.1, 0.15) is 13.8 Å². The van der Waals surface area contributed by atoms with Crippen molar-refractivity contribution in [1.82, 2.24) is 0 Å². The Kier molecular flexibility index (Phi) is 6.67. The summed E-state index contributed by atoms with van der Waals surface area (Å²) in [6.45, 7) is 3.41. The maximum absolute atomic E-state index is 9.81. The number of carbonyl (C=O) groups excluding carboxylic acids is 1. The van der Waals surface area contributed by atoms with E-state index in [2.05, 4.69) is 0 Å². The molecular formula is C4H8NOZr-. The van der Waals surface area contributed by atoms with E-state index in [0.29, 0.717) is 0 Å². The second-order valence-electron chi connectivity index (χ2n) is 1.52. The van der Waals surface area contributed by atoms with E-state index in [0.717, 1.165) is 0 Å². The normalized spacial score (nSPS) is 7.86.